The minimum Gasteiger partial charge on any atom is -0.457 e. The second-order valence-electron chi connectivity index (χ2n) is 17.7. The molecule has 0 amide bonds. The molecule has 0 bridgehead atoms. The van der Waals surface area contributed by atoms with E-state index in [4.69, 9.17) is 18.9 Å². The number of aldehydes is 2. The fourth-order valence-corrected chi connectivity index (χ4v) is 12.8. The van der Waals surface area contributed by atoms with Crippen LogP contribution in [0.15, 0.2) is 0 Å². The maximum absolute atomic E-state index is 14.9. The number of ketones is 1. The molecule has 5 saturated carbocycles. The number of rotatable bonds is 10. The van der Waals surface area contributed by atoms with Crippen molar-refractivity contribution in [3.05, 3.63) is 0 Å². The molecule has 2 spiro atoms. The van der Waals surface area contributed by atoms with E-state index >= 15 is 0 Å². The Hall–Kier alpha value is -1.72. The van der Waals surface area contributed by atoms with Crippen molar-refractivity contribution in [2.24, 2.45) is 50.7 Å². The van der Waals surface area contributed by atoms with Crippen molar-refractivity contribution in [1.82, 2.24) is 0 Å². The fraction of sp³-hybridized carbons (Fsp3) is 0.892. The van der Waals surface area contributed by atoms with E-state index in [0.717, 1.165) is 44.9 Å². The first-order valence-corrected chi connectivity index (χ1v) is 17.8. The van der Waals surface area contributed by atoms with Gasteiger partial charge in [0.2, 0.25) is 6.29 Å². The first kappa shape index (κ1) is 35.1. The lowest BCUT2D eigenvalue weighted by Gasteiger charge is -2.62. The molecule has 0 aromatic heterocycles. The molecule has 47 heavy (non-hydrogen) atoms. The van der Waals surface area contributed by atoms with Gasteiger partial charge < -0.3 is 34.0 Å². The van der Waals surface area contributed by atoms with E-state index in [1.54, 1.807) is 13.8 Å². The Morgan fingerprint density at radius 2 is 1.70 bits per heavy atom. The minimum atomic E-state index is -1.32. The zero-order valence-corrected chi connectivity index (χ0v) is 29.5. The van der Waals surface area contributed by atoms with E-state index in [1.165, 1.54) is 6.92 Å². The second-order valence-corrected chi connectivity index (χ2v) is 17.7. The number of fused-ring (bicyclic) bond motifs is 4. The van der Waals surface area contributed by atoms with Gasteiger partial charge in [-0.25, -0.2) is 0 Å². The van der Waals surface area contributed by atoms with Crippen LogP contribution >= 0.6 is 0 Å². The van der Waals surface area contributed by atoms with Crippen LogP contribution in [0.3, 0.4) is 0 Å². The van der Waals surface area contributed by atoms with E-state index in [1.807, 2.05) is 0 Å². The maximum Gasteiger partial charge on any atom is 0.303 e. The summed E-state index contributed by atoms with van der Waals surface area (Å²) in [6.07, 6.45) is 3.65. The number of hydrogen-bond acceptors (Lipinski definition) is 10. The molecule has 6 rings (SSSR count). The van der Waals surface area contributed by atoms with Crippen LogP contribution in [0.25, 0.3) is 0 Å². The number of Topliss-reactive ketones (excluding diaryl/α,β-unsaturated/α-hetero) is 1. The van der Waals surface area contributed by atoms with Crippen molar-refractivity contribution >= 4 is 24.3 Å². The molecule has 6 fully saturated rings. The highest BCUT2D eigenvalue weighted by molar-refractivity contribution is 5.93. The van der Waals surface area contributed by atoms with Gasteiger partial charge in [-0.15, -0.1) is 0 Å². The van der Waals surface area contributed by atoms with Gasteiger partial charge in [0.05, 0.1) is 24.4 Å². The summed E-state index contributed by atoms with van der Waals surface area (Å²) in [5.41, 5.74) is -2.17. The lowest BCUT2D eigenvalue weighted by atomic mass is 9.41. The van der Waals surface area contributed by atoms with Gasteiger partial charge >= 0.3 is 5.97 Å². The highest BCUT2D eigenvalue weighted by atomic mass is 16.7. The van der Waals surface area contributed by atoms with E-state index < -0.39 is 47.7 Å². The summed E-state index contributed by atoms with van der Waals surface area (Å²) >= 11 is 0. The van der Waals surface area contributed by atoms with Gasteiger partial charge in [-0.05, 0) is 105 Å². The number of carbonyl (C=O) groups excluding carboxylic acids is 4. The molecule has 6 aliphatic rings. The predicted octanol–water partition coefficient (Wildman–Crippen LogP) is 4.20. The molecule has 0 unspecified atom stereocenters. The Morgan fingerprint density at radius 3 is 2.32 bits per heavy atom. The number of carbonyl (C=O) groups is 4. The van der Waals surface area contributed by atoms with Gasteiger partial charge in [0.1, 0.15) is 12.2 Å². The molecule has 1 saturated heterocycles. The average Bonchev–Trinajstić information content (AvgIpc) is 3.62. The topological polar surface area (TPSA) is 146 Å². The lowest BCUT2D eigenvalue weighted by Crippen LogP contribution is -2.59. The summed E-state index contributed by atoms with van der Waals surface area (Å²) in [7, 11) is 0. The molecule has 0 aromatic rings. The third-order valence-electron chi connectivity index (χ3n) is 14.8. The Labute approximate surface area is 279 Å². The van der Waals surface area contributed by atoms with Crippen LogP contribution < -0.4 is 0 Å². The van der Waals surface area contributed by atoms with Gasteiger partial charge in [-0.3, -0.25) is 14.4 Å². The summed E-state index contributed by atoms with van der Waals surface area (Å²) in [5, 5.41) is 20.6. The normalized spacial score (nSPS) is 46.8. The smallest absolute Gasteiger partial charge is 0.303 e. The van der Waals surface area contributed by atoms with Crippen LogP contribution in [-0.4, -0.2) is 83.6 Å². The van der Waals surface area contributed by atoms with Gasteiger partial charge in [0.25, 0.3) is 0 Å². The Balaban J connectivity index is 1.25. The molecule has 10 heteroatoms. The van der Waals surface area contributed by atoms with Crippen molar-refractivity contribution in [3.63, 3.8) is 0 Å². The first-order chi connectivity index (χ1) is 21.8. The molecular formula is C37H56O10. The van der Waals surface area contributed by atoms with Crippen molar-refractivity contribution in [2.75, 3.05) is 6.61 Å². The number of aliphatic hydroxyl groups excluding tert-OH is 1. The van der Waals surface area contributed by atoms with Crippen LogP contribution in [0.1, 0.15) is 107 Å². The van der Waals surface area contributed by atoms with Crippen molar-refractivity contribution in [3.8, 4) is 0 Å². The van der Waals surface area contributed by atoms with Crippen LogP contribution in [0.2, 0.25) is 0 Å². The maximum atomic E-state index is 14.9. The van der Waals surface area contributed by atoms with Crippen molar-refractivity contribution in [2.45, 2.75) is 149 Å². The molecule has 0 radical (unpaired) electrons. The standard InChI is InChI=1S/C37H56O10/c1-20-15-23(31(33(5,6)43)45-21(2)40)46-29-28(20)34(7)13-14-37-19-36(37)12-11-26(47-27(17-39)44-18-22(41)16-38)32(3,4)24(36)9-10-25(37)35(34,8)30(29)42/h16-17,20,22-29,31,41,43H,9-15,18-19H2,1-8H3/t20-,22+,23-,24+,25+,26+,27+,28+,29+,31+,34-,35-,36-,37+/m1/s1. The van der Waals surface area contributed by atoms with Crippen LogP contribution in [0.5, 0.6) is 0 Å². The van der Waals surface area contributed by atoms with Gasteiger partial charge in [-0.2, -0.15) is 0 Å². The molecule has 1 aliphatic heterocycles. The monoisotopic (exact) mass is 660 g/mol. The van der Waals surface area contributed by atoms with Gasteiger partial charge in [0.15, 0.2) is 24.5 Å². The Bertz CT molecular complexity index is 1290. The first-order valence-electron chi connectivity index (χ1n) is 17.8. The lowest BCUT2D eigenvalue weighted by molar-refractivity contribution is -0.225. The number of ether oxygens (including phenoxy) is 4. The minimum absolute atomic E-state index is 0.0550. The SMILES string of the molecule is CC(=O)O[C@@H]([C@H]1C[C@@H](C)[C@H]2[C@H](O1)C(=O)[C@@]1(C)[C@@H]3CC[C@H]4C(C)(C)[C@@H](O[C@@H](C=O)OC[C@@H](O)C=O)CC[C@@]45C[C@@]35CC[C@]21C)C(C)(C)O. The number of hydrogen-bond donors (Lipinski definition) is 2. The molecule has 264 valence electrons. The number of aliphatic hydroxyl groups is 2. The van der Waals surface area contributed by atoms with Crippen LogP contribution in [-0.2, 0) is 38.1 Å². The molecule has 14 atom stereocenters. The summed E-state index contributed by atoms with van der Waals surface area (Å²) in [4.78, 5) is 49.6. The molecule has 2 N–H and O–H groups in total. The van der Waals surface area contributed by atoms with E-state index in [0.29, 0.717) is 24.9 Å². The van der Waals surface area contributed by atoms with Crippen molar-refractivity contribution in [1.29, 1.82) is 0 Å². The third kappa shape index (κ3) is 4.89. The van der Waals surface area contributed by atoms with Gasteiger partial charge in [-0.1, -0.05) is 34.6 Å². The Morgan fingerprint density at radius 1 is 1.04 bits per heavy atom. The third-order valence-corrected chi connectivity index (χ3v) is 14.8. The van der Waals surface area contributed by atoms with Crippen molar-refractivity contribution < 1.29 is 48.3 Å². The number of esters is 1. The molecule has 5 aliphatic carbocycles. The molecule has 1 heterocycles. The Kier molecular flexibility index (Phi) is 8.52. The summed E-state index contributed by atoms with van der Waals surface area (Å²) in [6, 6.07) is 0. The van der Waals surface area contributed by atoms with E-state index in [2.05, 4.69) is 34.6 Å². The second kappa shape index (κ2) is 11.4. The van der Waals surface area contributed by atoms with Gasteiger partial charge in [0, 0.05) is 18.3 Å². The summed E-state index contributed by atoms with van der Waals surface area (Å²) < 4.78 is 24.0. The van der Waals surface area contributed by atoms with E-state index in [9.17, 15) is 29.4 Å². The van der Waals surface area contributed by atoms with Crippen LogP contribution in [0.4, 0.5) is 0 Å². The van der Waals surface area contributed by atoms with E-state index in [-0.39, 0.29) is 57.9 Å². The summed E-state index contributed by atoms with van der Waals surface area (Å²) in [5.74, 6) is 0.510. The fourth-order valence-electron chi connectivity index (χ4n) is 12.8. The summed E-state index contributed by atoms with van der Waals surface area (Å²) in [6.45, 7) is 15.5. The van der Waals surface area contributed by atoms with Crippen LogP contribution in [0, 0.1) is 50.7 Å². The average molecular weight is 661 g/mol. The quantitative estimate of drug-likeness (QED) is 0.199. The largest absolute Gasteiger partial charge is 0.457 e. The highest BCUT2D eigenvalue weighted by Gasteiger charge is 2.85. The molecule has 0 aromatic carbocycles. The molecular weight excluding hydrogens is 604 g/mol. The molecule has 10 nitrogen and oxygen atoms in total. The zero-order chi connectivity index (χ0) is 34.5. The predicted molar refractivity (Wildman–Crippen MR) is 170 cm³/mol. The zero-order valence-electron chi connectivity index (χ0n) is 29.5. The highest BCUT2D eigenvalue weighted by Crippen LogP contribution is 2.89.